The second-order valence-electron chi connectivity index (χ2n) is 3.95. The Morgan fingerprint density at radius 1 is 1.19 bits per heavy atom. The fourth-order valence-corrected chi connectivity index (χ4v) is 1.75. The van der Waals surface area contributed by atoms with Crippen LogP contribution in [0.15, 0.2) is 0 Å². The highest BCUT2D eigenvalue weighted by atomic mass is 35.5. The van der Waals surface area contributed by atoms with Crippen LogP contribution in [-0.2, 0) is 9.59 Å². The molecule has 0 aromatic rings. The summed E-state index contributed by atoms with van der Waals surface area (Å²) in [6.07, 6.45) is 0. The van der Waals surface area contributed by atoms with Gasteiger partial charge in [0.1, 0.15) is 0 Å². The van der Waals surface area contributed by atoms with Gasteiger partial charge in [0.05, 0.1) is 6.54 Å². The molecule has 0 atom stereocenters. The Kier molecular flexibility index (Phi) is 5.02. The fraction of sp³-hybridized carbons (Fsp3) is 0.800. The molecular weight excluding hydrogens is 230 g/mol. The third kappa shape index (κ3) is 3.98. The summed E-state index contributed by atoms with van der Waals surface area (Å²) < 4.78 is 1.19. The first kappa shape index (κ1) is 13.3. The number of carbonyl (C=O) groups excluding carboxylic acids is 2. The molecule has 0 bridgehead atoms. The van der Waals surface area contributed by atoms with E-state index in [9.17, 15) is 9.59 Å². The van der Waals surface area contributed by atoms with Crippen molar-refractivity contribution in [1.29, 1.82) is 0 Å². The van der Waals surface area contributed by atoms with Gasteiger partial charge in [-0.2, -0.15) is 0 Å². The number of carbonyl (C=O) groups is 2. The van der Waals surface area contributed by atoms with Crippen LogP contribution >= 0.6 is 11.8 Å². The lowest BCUT2D eigenvalue weighted by Gasteiger charge is -2.34. The van der Waals surface area contributed by atoms with Crippen LogP contribution in [0.3, 0.4) is 0 Å². The van der Waals surface area contributed by atoms with Crippen molar-refractivity contribution >= 4 is 23.6 Å². The SMILES string of the molecule is CC(=O)N(Cl)CCN1CCN(C(C)=O)CC1. The molecule has 0 aromatic heterocycles. The number of hydrogen-bond donors (Lipinski definition) is 0. The van der Waals surface area contributed by atoms with Gasteiger partial charge >= 0.3 is 0 Å². The van der Waals surface area contributed by atoms with Gasteiger partial charge in [0.2, 0.25) is 11.8 Å². The Bertz CT molecular complexity index is 265. The number of piperazine rings is 1. The highest BCUT2D eigenvalue weighted by molar-refractivity contribution is 6.20. The smallest absolute Gasteiger partial charge is 0.233 e. The molecule has 1 fully saturated rings. The topological polar surface area (TPSA) is 43.9 Å². The molecule has 1 aliphatic rings. The van der Waals surface area contributed by atoms with E-state index in [1.165, 1.54) is 11.3 Å². The van der Waals surface area contributed by atoms with E-state index in [1.807, 2.05) is 4.90 Å². The number of nitrogens with zero attached hydrogens (tertiary/aromatic N) is 3. The third-order valence-corrected chi connectivity index (χ3v) is 3.18. The largest absolute Gasteiger partial charge is 0.340 e. The standard InChI is InChI=1S/C10H18ClN3O2/c1-9(15)13-6-3-12(4-7-13)5-8-14(11)10(2)16/h3-8H2,1-2H3. The van der Waals surface area contributed by atoms with Gasteiger partial charge in [0.25, 0.3) is 0 Å². The zero-order valence-electron chi connectivity index (χ0n) is 9.78. The van der Waals surface area contributed by atoms with E-state index < -0.39 is 0 Å². The van der Waals surface area contributed by atoms with Gasteiger partial charge in [0.15, 0.2) is 0 Å². The van der Waals surface area contributed by atoms with Gasteiger partial charge in [-0.25, -0.2) is 0 Å². The van der Waals surface area contributed by atoms with Crippen LogP contribution < -0.4 is 0 Å². The highest BCUT2D eigenvalue weighted by Gasteiger charge is 2.18. The summed E-state index contributed by atoms with van der Waals surface area (Å²) in [7, 11) is 0. The molecule has 1 heterocycles. The number of amides is 2. The van der Waals surface area contributed by atoms with Gasteiger partial charge in [-0.3, -0.25) is 18.9 Å². The van der Waals surface area contributed by atoms with Gasteiger partial charge in [-0.15, -0.1) is 0 Å². The second-order valence-corrected chi connectivity index (χ2v) is 4.36. The van der Waals surface area contributed by atoms with Gasteiger partial charge in [-0.05, 0) is 0 Å². The lowest BCUT2D eigenvalue weighted by Crippen LogP contribution is -2.49. The molecule has 2 amide bonds. The van der Waals surface area contributed by atoms with E-state index >= 15 is 0 Å². The van der Waals surface area contributed by atoms with Crippen LogP contribution in [0, 0.1) is 0 Å². The Hall–Kier alpha value is -0.810. The molecule has 0 N–H and O–H groups in total. The monoisotopic (exact) mass is 247 g/mol. The van der Waals surface area contributed by atoms with E-state index in [4.69, 9.17) is 11.8 Å². The molecule has 5 nitrogen and oxygen atoms in total. The maximum atomic E-state index is 11.1. The first-order valence-corrected chi connectivity index (χ1v) is 5.76. The van der Waals surface area contributed by atoms with Crippen LogP contribution in [0.2, 0.25) is 0 Å². The van der Waals surface area contributed by atoms with E-state index in [1.54, 1.807) is 6.92 Å². The number of hydrogen-bond acceptors (Lipinski definition) is 3. The average molecular weight is 248 g/mol. The molecule has 6 heteroatoms. The van der Waals surface area contributed by atoms with Crippen molar-refractivity contribution < 1.29 is 9.59 Å². The van der Waals surface area contributed by atoms with E-state index in [0.29, 0.717) is 6.54 Å². The first-order valence-electron chi connectivity index (χ1n) is 5.42. The van der Waals surface area contributed by atoms with Crippen LogP contribution in [0.1, 0.15) is 13.8 Å². The van der Waals surface area contributed by atoms with E-state index in [0.717, 1.165) is 32.7 Å². The van der Waals surface area contributed by atoms with Crippen molar-refractivity contribution in [2.24, 2.45) is 0 Å². The van der Waals surface area contributed by atoms with Crippen LogP contribution in [0.25, 0.3) is 0 Å². The van der Waals surface area contributed by atoms with Crippen LogP contribution in [0.4, 0.5) is 0 Å². The molecule has 0 unspecified atom stereocenters. The normalized spacial score (nSPS) is 17.3. The highest BCUT2D eigenvalue weighted by Crippen LogP contribution is 2.03. The Labute approximate surface area is 101 Å². The molecule has 16 heavy (non-hydrogen) atoms. The molecule has 0 spiro atoms. The van der Waals surface area contributed by atoms with Crippen molar-refractivity contribution in [3.05, 3.63) is 0 Å². The molecule has 1 rings (SSSR count). The summed E-state index contributed by atoms with van der Waals surface area (Å²) in [6.45, 7) is 7.54. The van der Waals surface area contributed by atoms with E-state index in [2.05, 4.69) is 4.90 Å². The molecule has 1 saturated heterocycles. The number of rotatable bonds is 3. The lowest BCUT2D eigenvalue weighted by molar-refractivity contribution is -0.130. The summed E-state index contributed by atoms with van der Waals surface area (Å²) in [5.41, 5.74) is 0. The summed E-state index contributed by atoms with van der Waals surface area (Å²) in [5, 5.41) is 0. The van der Waals surface area contributed by atoms with Crippen molar-refractivity contribution in [3.63, 3.8) is 0 Å². The summed E-state index contributed by atoms with van der Waals surface area (Å²) >= 11 is 5.71. The van der Waals surface area contributed by atoms with Crippen molar-refractivity contribution in [3.8, 4) is 0 Å². The minimum absolute atomic E-state index is 0.127. The molecule has 92 valence electrons. The Balaban J connectivity index is 2.22. The maximum absolute atomic E-state index is 11.1. The first-order chi connectivity index (χ1) is 7.50. The fourth-order valence-electron chi connectivity index (χ4n) is 1.67. The quantitative estimate of drug-likeness (QED) is 0.667. The molecular formula is C10H18ClN3O2. The third-order valence-electron chi connectivity index (χ3n) is 2.77. The zero-order chi connectivity index (χ0) is 12.1. The van der Waals surface area contributed by atoms with Gasteiger partial charge in [0, 0.05) is 58.3 Å². The van der Waals surface area contributed by atoms with Crippen molar-refractivity contribution in [2.45, 2.75) is 13.8 Å². The predicted molar refractivity (Wildman–Crippen MR) is 61.9 cm³/mol. The maximum Gasteiger partial charge on any atom is 0.233 e. The second kappa shape index (κ2) is 6.06. The predicted octanol–water partition coefficient (Wildman–Crippen LogP) is 0.153. The van der Waals surface area contributed by atoms with Crippen molar-refractivity contribution in [2.75, 3.05) is 39.3 Å². The summed E-state index contributed by atoms with van der Waals surface area (Å²) in [4.78, 5) is 26.0. The van der Waals surface area contributed by atoms with Crippen LogP contribution in [0.5, 0.6) is 0 Å². The summed E-state index contributed by atoms with van der Waals surface area (Å²) in [5.74, 6) is -0.00797. The molecule has 0 radical (unpaired) electrons. The molecule has 0 aromatic carbocycles. The zero-order valence-corrected chi connectivity index (χ0v) is 10.5. The van der Waals surface area contributed by atoms with Gasteiger partial charge < -0.3 is 4.90 Å². The van der Waals surface area contributed by atoms with Crippen molar-refractivity contribution in [1.82, 2.24) is 14.2 Å². The number of halogens is 1. The molecule has 1 aliphatic heterocycles. The minimum Gasteiger partial charge on any atom is -0.340 e. The lowest BCUT2D eigenvalue weighted by atomic mass is 10.3. The molecule has 0 saturated carbocycles. The molecule has 0 aliphatic carbocycles. The van der Waals surface area contributed by atoms with E-state index in [-0.39, 0.29) is 11.8 Å². The Morgan fingerprint density at radius 3 is 2.19 bits per heavy atom. The minimum atomic E-state index is -0.135. The summed E-state index contributed by atoms with van der Waals surface area (Å²) in [6, 6.07) is 0. The average Bonchev–Trinajstić information content (AvgIpc) is 2.26. The van der Waals surface area contributed by atoms with Gasteiger partial charge in [-0.1, -0.05) is 0 Å². The van der Waals surface area contributed by atoms with Crippen LogP contribution in [-0.4, -0.2) is 65.3 Å². The Morgan fingerprint density at radius 2 is 1.75 bits per heavy atom.